The second-order valence-electron chi connectivity index (χ2n) is 3.67. The largest absolute Gasteiger partial charge is 0.495 e. The summed E-state index contributed by atoms with van der Waals surface area (Å²) < 4.78 is 18.8. The van der Waals surface area contributed by atoms with E-state index in [1.165, 1.54) is 12.1 Å². The number of benzene rings is 1. The van der Waals surface area contributed by atoms with Gasteiger partial charge in [-0.2, -0.15) is 0 Å². The standard InChI is InChI=1S/C12H12ClFO2/c13-8-4-5-9(10(14)7-8)12(15)11-3-1-2-6-16-11/h3-5,7,12,15H,1-2,6H2. The van der Waals surface area contributed by atoms with Crippen molar-refractivity contribution in [1.82, 2.24) is 0 Å². The third-order valence-electron chi connectivity index (χ3n) is 2.49. The summed E-state index contributed by atoms with van der Waals surface area (Å²) >= 11 is 5.64. The number of hydrogen-bond acceptors (Lipinski definition) is 2. The van der Waals surface area contributed by atoms with Gasteiger partial charge in [0.2, 0.25) is 0 Å². The highest BCUT2D eigenvalue weighted by atomic mass is 35.5. The Bertz CT molecular complexity index is 417. The monoisotopic (exact) mass is 242 g/mol. The molecule has 86 valence electrons. The van der Waals surface area contributed by atoms with Gasteiger partial charge < -0.3 is 9.84 Å². The lowest BCUT2D eigenvalue weighted by Crippen LogP contribution is -2.11. The lowest BCUT2D eigenvalue weighted by atomic mass is 10.1. The van der Waals surface area contributed by atoms with Gasteiger partial charge in [0.1, 0.15) is 17.7 Å². The van der Waals surface area contributed by atoms with Gasteiger partial charge in [0.05, 0.1) is 6.61 Å². The van der Waals surface area contributed by atoms with Gasteiger partial charge in [-0.25, -0.2) is 4.39 Å². The first-order valence-electron chi connectivity index (χ1n) is 5.14. The van der Waals surface area contributed by atoms with Crippen molar-refractivity contribution in [3.8, 4) is 0 Å². The number of aliphatic hydroxyl groups is 1. The number of halogens is 2. The number of aliphatic hydroxyl groups excluding tert-OH is 1. The van der Waals surface area contributed by atoms with Gasteiger partial charge in [0.15, 0.2) is 0 Å². The molecule has 0 saturated carbocycles. The third kappa shape index (κ3) is 2.36. The van der Waals surface area contributed by atoms with E-state index in [0.29, 0.717) is 17.4 Å². The highest BCUT2D eigenvalue weighted by Gasteiger charge is 2.20. The van der Waals surface area contributed by atoms with Crippen LogP contribution in [0.15, 0.2) is 30.0 Å². The van der Waals surface area contributed by atoms with Crippen molar-refractivity contribution in [3.63, 3.8) is 0 Å². The van der Waals surface area contributed by atoms with Gasteiger partial charge >= 0.3 is 0 Å². The van der Waals surface area contributed by atoms with E-state index in [2.05, 4.69) is 0 Å². The summed E-state index contributed by atoms with van der Waals surface area (Å²) in [6, 6.07) is 4.21. The number of ether oxygens (including phenoxy) is 1. The molecule has 2 rings (SSSR count). The Morgan fingerprint density at radius 2 is 2.25 bits per heavy atom. The number of allylic oxidation sites excluding steroid dienone is 1. The van der Waals surface area contributed by atoms with Gasteiger partial charge in [-0.3, -0.25) is 0 Å². The van der Waals surface area contributed by atoms with Crippen molar-refractivity contribution in [3.05, 3.63) is 46.4 Å². The average molecular weight is 243 g/mol. The van der Waals surface area contributed by atoms with Gasteiger partial charge in [-0.05, 0) is 31.1 Å². The fourth-order valence-corrected chi connectivity index (χ4v) is 1.80. The van der Waals surface area contributed by atoms with Crippen LogP contribution in [0.3, 0.4) is 0 Å². The predicted molar refractivity (Wildman–Crippen MR) is 59.6 cm³/mol. The topological polar surface area (TPSA) is 29.5 Å². The summed E-state index contributed by atoms with van der Waals surface area (Å²) in [4.78, 5) is 0. The van der Waals surface area contributed by atoms with Crippen LogP contribution in [0, 0.1) is 5.82 Å². The third-order valence-corrected chi connectivity index (χ3v) is 2.72. The zero-order valence-corrected chi connectivity index (χ0v) is 9.38. The molecule has 0 aliphatic carbocycles. The van der Waals surface area contributed by atoms with E-state index >= 15 is 0 Å². The molecule has 0 saturated heterocycles. The summed E-state index contributed by atoms with van der Waals surface area (Å²) in [5.41, 5.74) is 0.192. The molecule has 1 N–H and O–H groups in total. The highest BCUT2D eigenvalue weighted by Crippen LogP contribution is 2.28. The Labute approximate surface area is 98.3 Å². The first-order chi connectivity index (χ1) is 7.68. The Morgan fingerprint density at radius 3 is 2.88 bits per heavy atom. The lowest BCUT2D eigenvalue weighted by molar-refractivity contribution is 0.0897. The average Bonchev–Trinajstić information content (AvgIpc) is 2.29. The van der Waals surface area contributed by atoms with E-state index in [-0.39, 0.29) is 5.56 Å². The molecule has 1 aliphatic heterocycles. The van der Waals surface area contributed by atoms with Crippen LogP contribution >= 0.6 is 11.6 Å². The molecule has 0 spiro atoms. The molecule has 1 aromatic rings. The quantitative estimate of drug-likeness (QED) is 0.863. The highest BCUT2D eigenvalue weighted by molar-refractivity contribution is 6.30. The Morgan fingerprint density at radius 1 is 1.44 bits per heavy atom. The molecule has 0 radical (unpaired) electrons. The molecule has 16 heavy (non-hydrogen) atoms. The molecule has 1 aliphatic rings. The molecule has 1 atom stereocenters. The molecule has 0 amide bonds. The van der Waals surface area contributed by atoms with E-state index in [0.717, 1.165) is 12.8 Å². The lowest BCUT2D eigenvalue weighted by Gasteiger charge is -2.20. The van der Waals surface area contributed by atoms with Crippen molar-refractivity contribution in [2.24, 2.45) is 0 Å². The van der Waals surface area contributed by atoms with Crippen LogP contribution in [0.25, 0.3) is 0 Å². The van der Waals surface area contributed by atoms with Crippen LogP contribution in [-0.4, -0.2) is 11.7 Å². The summed E-state index contributed by atoms with van der Waals surface area (Å²) in [6.07, 6.45) is 2.53. The Hall–Kier alpha value is -1.06. The van der Waals surface area contributed by atoms with E-state index in [4.69, 9.17) is 16.3 Å². The molecule has 1 aromatic carbocycles. The van der Waals surface area contributed by atoms with Crippen LogP contribution in [0.1, 0.15) is 24.5 Å². The van der Waals surface area contributed by atoms with Gasteiger partial charge in [-0.15, -0.1) is 0 Å². The number of hydrogen-bond donors (Lipinski definition) is 1. The maximum absolute atomic E-state index is 13.5. The summed E-state index contributed by atoms with van der Waals surface area (Å²) in [7, 11) is 0. The summed E-state index contributed by atoms with van der Waals surface area (Å²) in [6.45, 7) is 0.568. The molecule has 0 bridgehead atoms. The molecule has 2 nitrogen and oxygen atoms in total. The first-order valence-corrected chi connectivity index (χ1v) is 5.52. The molecule has 4 heteroatoms. The van der Waals surface area contributed by atoms with Crippen LogP contribution in [0.2, 0.25) is 5.02 Å². The van der Waals surface area contributed by atoms with Gasteiger partial charge in [-0.1, -0.05) is 17.7 Å². The molecule has 1 unspecified atom stereocenters. The van der Waals surface area contributed by atoms with Crippen molar-refractivity contribution in [2.75, 3.05) is 6.61 Å². The minimum Gasteiger partial charge on any atom is -0.495 e. The van der Waals surface area contributed by atoms with E-state index < -0.39 is 11.9 Å². The SMILES string of the molecule is OC(C1=CCCCO1)c1ccc(Cl)cc1F. The molecule has 1 heterocycles. The van der Waals surface area contributed by atoms with Crippen LogP contribution in [0.5, 0.6) is 0 Å². The van der Waals surface area contributed by atoms with Crippen molar-refractivity contribution in [1.29, 1.82) is 0 Å². The zero-order chi connectivity index (χ0) is 11.5. The number of rotatable bonds is 2. The predicted octanol–water partition coefficient (Wildman–Crippen LogP) is 3.21. The minimum atomic E-state index is -1.04. The van der Waals surface area contributed by atoms with E-state index in [9.17, 15) is 9.50 Å². The smallest absolute Gasteiger partial charge is 0.138 e. The Kier molecular flexibility index (Phi) is 3.46. The fraction of sp³-hybridized carbons (Fsp3) is 0.333. The van der Waals surface area contributed by atoms with Crippen LogP contribution in [-0.2, 0) is 4.74 Å². The molecule has 0 aromatic heterocycles. The van der Waals surface area contributed by atoms with Gasteiger partial charge in [0, 0.05) is 10.6 Å². The van der Waals surface area contributed by atoms with Crippen molar-refractivity contribution >= 4 is 11.6 Å². The van der Waals surface area contributed by atoms with E-state index in [1.54, 1.807) is 12.1 Å². The normalized spacial score (nSPS) is 17.6. The second kappa shape index (κ2) is 4.85. The van der Waals surface area contributed by atoms with Gasteiger partial charge in [0.25, 0.3) is 0 Å². The van der Waals surface area contributed by atoms with E-state index in [1.807, 2.05) is 0 Å². The van der Waals surface area contributed by atoms with Crippen LogP contribution < -0.4 is 0 Å². The molecular weight excluding hydrogens is 231 g/mol. The zero-order valence-electron chi connectivity index (χ0n) is 8.62. The first kappa shape index (κ1) is 11.4. The summed E-state index contributed by atoms with van der Waals surface area (Å²) in [5, 5.41) is 10.3. The Balaban J connectivity index is 2.26. The van der Waals surface area contributed by atoms with Crippen LogP contribution in [0.4, 0.5) is 4.39 Å². The fourth-order valence-electron chi connectivity index (χ4n) is 1.64. The van der Waals surface area contributed by atoms with Crippen molar-refractivity contribution in [2.45, 2.75) is 18.9 Å². The maximum Gasteiger partial charge on any atom is 0.138 e. The second-order valence-corrected chi connectivity index (χ2v) is 4.10. The maximum atomic E-state index is 13.5. The molecular formula is C12H12ClFO2. The molecule has 0 fully saturated rings. The minimum absolute atomic E-state index is 0.192. The summed E-state index contributed by atoms with van der Waals surface area (Å²) in [5.74, 6) is -0.0949. The van der Waals surface area contributed by atoms with Crippen molar-refractivity contribution < 1.29 is 14.2 Å².